The fraction of sp³-hybridized carbons (Fsp3) is 0.0980. The maximum atomic E-state index is 4.80. The second-order valence-corrected chi connectivity index (χ2v) is 14.0. The molecular formula is C51H42N2. The van der Waals surface area contributed by atoms with Gasteiger partial charge in [-0.25, -0.2) is 0 Å². The first-order valence-corrected chi connectivity index (χ1v) is 18.7. The minimum Gasteiger partial charge on any atom is -0.318 e. The van der Waals surface area contributed by atoms with Gasteiger partial charge in [-0.1, -0.05) is 153 Å². The number of aromatic nitrogens is 1. The number of hydrogen-bond donors (Lipinski definition) is 0. The molecule has 7 aromatic rings. The zero-order chi connectivity index (χ0) is 36.1. The fourth-order valence-corrected chi connectivity index (χ4v) is 9.19. The molecule has 1 heterocycles. The molecule has 0 N–H and O–H groups in total. The molecule has 0 atom stereocenters. The van der Waals surface area contributed by atoms with Gasteiger partial charge in [0.15, 0.2) is 0 Å². The van der Waals surface area contributed by atoms with Gasteiger partial charge in [-0.2, -0.15) is 0 Å². The average Bonchev–Trinajstić information content (AvgIpc) is 3.81. The van der Waals surface area contributed by atoms with Gasteiger partial charge in [-0.15, -0.1) is 0 Å². The molecular weight excluding hydrogens is 641 g/mol. The minimum atomic E-state index is -0.444. The zero-order valence-electron chi connectivity index (χ0n) is 30.6. The van der Waals surface area contributed by atoms with Gasteiger partial charge in [0.05, 0.1) is 16.3 Å². The highest BCUT2D eigenvalue weighted by atomic mass is 15.2. The Morgan fingerprint density at radius 1 is 0.660 bits per heavy atom. The number of hydrogen-bond acceptors (Lipinski definition) is 1. The lowest BCUT2D eigenvalue weighted by molar-refractivity contribution is 0.794. The largest absolute Gasteiger partial charge is 0.318 e. The Bertz CT molecular complexity index is 2700. The molecule has 53 heavy (non-hydrogen) atoms. The molecule has 0 aliphatic heterocycles. The van der Waals surface area contributed by atoms with Gasteiger partial charge in [-0.05, 0) is 101 Å². The standard InChI is InChI=1S/C51H42N2/c1-5-37(33-34-44-35(3)40-25-13-17-29-45(40)51(44)46-30-18-14-26-41(46)42-27-15-19-31-47(42)51)52(38-21-9-7-10-22-38)36(4)50-43-28-16-20-32-49(43)53(48(50)6-2)39-23-11-8-12-24-39/h6-34H,3,5H2,1-2,4H3/b37-33+,44-34+,48-6+,50-36+. The molecule has 2 aliphatic rings. The van der Waals surface area contributed by atoms with Gasteiger partial charge < -0.3 is 9.47 Å². The van der Waals surface area contributed by atoms with Crippen molar-refractivity contribution in [3.63, 3.8) is 0 Å². The van der Waals surface area contributed by atoms with Crippen molar-refractivity contribution >= 4 is 33.9 Å². The Kier molecular flexibility index (Phi) is 7.97. The van der Waals surface area contributed by atoms with Crippen LogP contribution in [0, 0.1) is 0 Å². The van der Waals surface area contributed by atoms with E-state index in [1.165, 1.54) is 71.8 Å². The zero-order valence-corrected chi connectivity index (χ0v) is 30.6. The Morgan fingerprint density at radius 2 is 1.19 bits per heavy atom. The number of benzene rings is 6. The van der Waals surface area contributed by atoms with Crippen LogP contribution in [-0.4, -0.2) is 4.57 Å². The van der Waals surface area contributed by atoms with E-state index in [2.05, 4.69) is 206 Å². The van der Waals surface area contributed by atoms with Crippen molar-refractivity contribution in [1.29, 1.82) is 0 Å². The van der Waals surface area contributed by atoms with E-state index in [1.54, 1.807) is 0 Å². The van der Waals surface area contributed by atoms with E-state index in [0.29, 0.717) is 0 Å². The summed E-state index contributed by atoms with van der Waals surface area (Å²) in [6, 6.07) is 57.1. The van der Waals surface area contributed by atoms with Gasteiger partial charge in [0.25, 0.3) is 0 Å². The van der Waals surface area contributed by atoms with Crippen molar-refractivity contribution in [3.8, 4) is 16.8 Å². The van der Waals surface area contributed by atoms with Crippen LogP contribution in [-0.2, 0) is 5.41 Å². The van der Waals surface area contributed by atoms with Crippen molar-refractivity contribution in [3.05, 3.63) is 221 Å². The summed E-state index contributed by atoms with van der Waals surface area (Å²) < 4.78 is 2.40. The van der Waals surface area contributed by atoms with Crippen LogP contribution in [0.1, 0.15) is 49.4 Å². The summed E-state index contributed by atoms with van der Waals surface area (Å²) in [4.78, 5) is 2.47. The maximum Gasteiger partial charge on any atom is 0.0725 e. The summed E-state index contributed by atoms with van der Waals surface area (Å²) in [5.41, 5.74) is 15.5. The Hall–Kier alpha value is -6.38. The van der Waals surface area contributed by atoms with Crippen LogP contribution >= 0.6 is 0 Å². The molecule has 6 aromatic carbocycles. The van der Waals surface area contributed by atoms with Gasteiger partial charge in [-0.3, -0.25) is 0 Å². The minimum absolute atomic E-state index is 0.444. The van der Waals surface area contributed by atoms with Gasteiger partial charge in [0, 0.05) is 33.4 Å². The van der Waals surface area contributed by atoms with Crippen LogP contribution in [0.25, 0.3) is 45.1 Å². The molecule has 1 aromatic heterocycles. The molecule has 0 amide bonds. The lowest BCUT2D eigenvalue weighted by Gasteiger charge is -2.31. The van der Waals surface area contributed by atoms with Gasteiger partial charge in [0.2, 0.25) is 0 Å². The summed E-state index contributed by atoms with van der Waals surface area (Å²) in [6.07, 6.45) is 7.83. The molecule has 2 aliphatic carbocycles. The smallest absolute Gasteiger partial charge is 0.0725 e. The van der Waals surface area contributed by atoms with E-state index >= 15 is 0 Å². The molecule has 1 spiro atoms. The highest BCUT2D eigenvalue weighted by molar-refractivity contribution is 5.99. The molecule has 2 heteroatoms. The highest BCUT2D eigenvalue weighted by Crippen LogP contribution is 2.63. The normalized spacial score (nSPS) is 15.9. The van der Waals surface area contributed by atoms with Crippen LogP contribution < -0.4 is 15.5 Å². The topological polar surface area (TPSA) is 8.17 Å². The number of rotatable bonds is 6. The summed E-state index contributed by atoms with van der Waals surface area (Å²) in [7, 11) is 0. The Labute approximate surface area is 312 Å². The first-order chi connectivity index (χ1) is 26.1. The first kappa shape index (κ1) is 32.5. The Balaban J connectivity index is 1.32. The van der Waals surface area contributed by atoms with Crippen molar-refractivity contribution < 1.29 is 0 Å². The van der Waals surface area contributed by atoms with Crippen LogP contribution in [0.2, 0.25) is 0 Å². The van der Waals surface area contributed by atoms with Gasteiger partial charge in [0.1, 0.15) is 0 Å². The SMILES string of the molecule is C=C1/C(=C\C=C(/CC)N(/C(C)=c2/c(=C\C)n(-c3ccccc3)c3ccccc23)c2ccccc2)C2(c3ccccc31)c1ccccc1-c1ccccc12. The van der Waals surface area contributed by atoms with Crippen LogP contribution in [0.5, 0.6) is 0 Å². The highest BCUT2D eigenvalue weighted by Gasteiger charge is 2.52. The third kappa shape index (κ3) is 4.79. The van der Waals surface area contributed by atoms with Crippen molar-refractivity contribution in [2.75, 3.05) is 4.90 Å². The first-order valence-electron chi connectivity index (χ1n) is 18.7. The van der Waals surface area contributed by atoms with Crippen molar-refractivity contribution in [2.45, 2.75) is 32.6 Å². The van der Waals surface area contributed by atoms with E-state index in [0.717, 1.165) is 23.4 Å². The quantitative estimate of drug-likeness (QED) is 0.169. The van der Waals surface area contributed by atoms with Crippen LogP contribution in [0.3, 0.4) is 0 Å². The number of para-hydroxylation sites is 3. The molecule has 0 unspecified atom stereocenters. The monoisotopic (exact) mass is 682 g/mol. The lowest BCUT2D eigenvalue weighted by atomic mass is 9.70. The van der Waals surface area contributed by atoms with E-state index in [4.69, 9.17) is 6.58 Å². The van der Waals surface area contributed by atoms with E-state index in [9.17, 15) is 0 Å². The second kappa shape index (κ2) is 13.0. The third-order valence-electron chi connectivity index (χ3n) is 11.3. The molecule has 256 valence electrons. The van der Waals surface area contributed by atoms with E-state index in [-0.39, 0.29) is 0 Å². The molecule has 9 rings (SSSR count). The van der Waals surface area contributed by atoms with Crippen molar-refractivity contribution in [1.82, 2.24) is 4.57 Å². The molecule has 0 fully saturated rings. The Morgan fingerprint density at radius 3 is 1.81 bits per heavy atom. The molecule has 0 radical (unpaired) electrons. The molecule has 0 saturated heterocycles. The molecule has 0 bridgehead atoms. The predicted octanol–water partition coefficient (Wildman–Crippen LogP) is 11.3. The lowest BCUT2D eigenvalue weighted by Crippen LogP contribution is -2.35. The van der Waals surface area contributed by atoms with Crippen molar-refractivity contribution in [2.24, 2.45) is 0 Å². The van der Waals surface area contributed by atoms with E-state index in [1.807, 2.05) is 0 Å². The molecule has 0 saturated carbocycles. The summed E-state index contributed by atoms with van der Waals surface area (Å²) in [5.74, 6) is 0. The number of fused-ring (bicyclic) bond motifs is 8. The van der Waals surface area contributed by atoms with Gasteiger partial charge >= 0.3 is 0 Å². The maximum absolute atomic E-state index is 4.80. The fourth-order valence-electron chi connectivity index (χ4n) is 9.19. The predicted molar refractivity (Wildman–Crippen MR) is 224 cm³/mol. The third-order valence-corrected chi connectivity index (χ3v) is 11.3. The van der Waals surface area contributed by atoms with E-state index < -0.39 is 5.41 Å². The summed E-state index contributed by atoms with van der Waals surface area (Å²) >= 11 is 0. The number of allylic oxidation sites excluding steroid dienone is 5. The number of anilines is 1. The summed E-state index contributed by atoms with van der Waals surface area (Å²) in [6.45, 7) is 11.5. The molecule has 2 nitrogen and oxygen atoms in total. The van der Waals surface area contributed by atoms with Crippen LogP contribution in [0.4, 0.5) is 5.69 Å². The second-order valence-electron chi connectivity index (χ2n) is 14.0. The average molecular weight is 683 g/mol. The number of nitrogens with zero attached hydrogens (tertiary/aromatic N) is 2. The van der Waals surface area contributed by atoms with Crippen LogP contribution in [0.15, 0.2) is 188 Å². The summed E-state index contributed by atoms with van der Waals surface area (Å²) in [5, 5.41) is 3.65.